The van der Waals surface area contributed by atoms with Crippen molar-refractivity contribution in [3.8, 4) is 0 Å². The number of hydrogen-bond donors (Lipinski definition) is 1. The first kappa shape index (κ1) is 10.3. The van der Waals surface area contributed by atoms with Crippen LogP contribution in [0.3, 0.4) is 0 Å². The average molecular weight is 186 g/mol. The van der Waals surface area contributed by atoms with Crippen LogP contribution in [0.25, 0.3) is 0 Å². The highest BCUT2D eigenvalue weighted by atomic mass is 18.2. The highest BCUT2D eigenvalue weighted by Gasteiger charge is 2.27. The summed E-state index contributed by atoms with van der Waals surface area (Å²) in [6.45, 7) is 8.13. The van der Waals surface area contributed by atoms with Gasteiger partial charge in [0.1, 0.15) is 6.67 Å². The van der Waals surface area contributed by atoms with Gasteiger partial charge in [-0.3, -0.25) is 4.99 Å². The summed E-state index contributed by atoms with van der Waals surface area (Å²) in [6, 6.07) is 0. The molecular weight excluding hydrogens is 168 g/mol. The Bertz CT molecular complexity index is 196. The molecule has 3 nitrogen and oxygen atoms in total. The van der Waals surface area contributed by atoms with Crippen molar-refractivity contribution in [2.75, 3.05) is 26.3 Å². The van der Waals surface area contributed by atoms with E-state index in [0.717, 1.165) is 19.0 Å². The Kier molecular flexibility index (Phi) is 3.12. The molecule has 1 N–H and O–H groups in total. The van der Waals surface area contributed by atoms with Gasteiger partial charge in [-0.2, -0.15) is 0 Å². The van der Waals surface area contributed by atoms with Crippen LogP contribution in [0.4, 0.5) is 4.39 Å². The smallest absolute Gasteiger partial charge is 0.194 e. The summed E-state index contributed by atoms with van der Waals surface area (Å²) in [5, 5.41) is 2.99. The standard InChI is InChI=1S/C9H18FN3/c1-9(2,3)13-7-6-12-8(13)11-5-4-10/h4-7H2,1-3H3,(H,11,12)/i10-1. The van der Waals surface area contributed by atoms with Crippen molar-refractivity contribution in [3.63, 3.8) is 0 Å². The molecule has 0 radical (unpaired) electrons. The molecule has 1 rings (SSSR count). The van der Waals surface area contributed by atoms with Gasteiger partial charge in [-0.1, -0.05) is 0 Å². The van der Waals surface area contributed by atoms with Gasteiger partial charge in [-0.05, 0) is 20.8 Å². The van der Waals surface area contributed by atoms with Crippen molar-refractivity contribution in [1.82, 2.24) is 10.2 Å². The molecule has 0 aliphatic carbocycles. The van der Waals surface area contributed by atoms with Crippen molar-refractivity contribution in [2.45, 2.75) is 26.3 Å². The lowest BCUT2D eigenvalue weighted by Crippen LogP contribution is -2.49. The first-order chi connectivity index (χ1) is 6.05. The Labute approximate surface area is 79.0 Å². The molecule has 4 heteroatoms. The number of alkyl halides is 1. The number of halogens is 1. The minimum atomic E-state index is -0.350. The third-order valence-electron chi connectivity index (χ3n) is 2.03. The van der Waals surface area contributed by atoms with Crippen LogP contribution in [0.15, 0.2) is 4.99 Å². The summed E-state index contributed by atoms with van der Waals surface area (Å²) in [5.41, 5.74) is 0.0681. The summed E-state index contributed by atoms with van der Waals surface area (Å²) in [6.07, 6.45) is 0. The molecule has 1 aliphatic rings. The Hall–Kier alpha value is -0.800. The number of hydrogen-bond acceptors (Lipinski definition) is 3. The zero-order chi connectivity index (χ0) is 9.90. The van der Waals surface area contributed by atoms with Crippen molar-refractivity contribution in [2.24, 2.45) is 4.99 Å². The van der Waals surface area contributed by atoms with Gasteiger partial charge in [-0.25, -0.2) is 4.39 Å². The summed E-state index contributed by atoms with van der Waals surface area (Å²) < 4.78 is 11.9. The van der Waals surface area contributed by atoms with Crippen LogP contribution in [0.5, 0.6) is 0 Å². The Balaban J connectivity index is 2.53. The second-order valence-electron chi connectivity index (χ2n) is 4.14. The van der Waals surface area contributed by atoms with Crippen LogP contribution in [-0.2, 0) is 0 Å². The van der Waals surface area contributed by atoms with E-state index < -0.39 is 0 Å². The zero-order valence-corrected chi connectivity index (χ0v) is 8.60. The third-order valence-corrected chi connectivity index (χ3v) is 2.03. The topological polar surface area (TPSA) is 27.6 Å². The van der Waals surface area contributed by atoms with Crippen molar-refractivity contribution < 1.29 is 4.39 Å². The molecule has 0 spiro atoms. The molecule has 0 aromatic carbocycles. The number of rotatable bonds is 2. The molecule has 13 heavy (non-hydrogen) atoms. The fourth-order valence-corrected chi connectivity index (χ4v) is 1.41. The van der Waals surface area contributed by atoms with E-state index in [1.807, 2.05) is 0 Å². The number of nitrogens with zero attached hydrogens (tertiary/aromatic N) is 2. The van der Waals surface area contributed by atoms with Crippen molar-refractivity contribution in [1.29, 1.82) is 0 Å². The highest BCUT2D eigenvalue weighted by molar-refractivity contribution is 5.82. The Morgan fingerprint density at radius 3 is 2.77 bits per heavy atom. The van der Waals surface area contributed by atoms with Gasteiger partial charge in [0.05, 0.1) is 6.54 Å². The molecule has 0 fully saturated rings. The van der Waals surface area contributed by atoms with E-state index in [1.165, 1.54) is 0 Å². The normalized spacial score (nSPS) is 17.5. The fourth-order valence-electron chi connectivity index (χ4n) is 1.41. The van der Waals surface area contributed by atoms with Gasteiger partial charge in [0.2, 0.25) is 0 Å². The summed E-state index contributed by atoms with van der Waals surface area (Å²) in [7, 11) is 0. The molecule has 0 amide bonds. The van der Waals surface area contributed by atoms with Crippen LogP contribution in [-0.4, -0.2) is 42.7 Å². The number of aliphatic imine (C=N–C) groups is 1. The number of nitrogens with one attached hydrogen (secondary N) is 1. The lowest BCUT2D eigenvalue weighted by molar-refractivity contribution is 0.249. The van der Waals surface area contributed by atoms with Crippen LogP contribution in [0, 0.1) is 0 Å². The molecule has 0 saturated carbocycles. The lowest BCUT2D eigenvalue weighted by Gasteiger charge is -2.34. The lowest BCUT2D eigenvalue weighted by atomic mass is 10.1. The average Bonchev–Trinajstić information content (AvgIpc) is 2.47. The summed E-state index contributed by atoms with van der Waals surface area (Å²) >= 11 is 0. The van der Waals surface area contributed by atoms with E-state index in [-0.39, 0.29) is 12.2 Å². The second kappa shape index (κ2) is 3.94. The molecule has 0 saturated heterocycles. The first-order valence-electron chi connectivity index (χ1n) is 4.67. The van der Waals surface area contributed by atoms with Crippen LogP contribution < -0.4 is 5.32 Å². The summed E-state index contributed by atoms with van der Waals surface area (Å²) in [4.78, 5) is 6.46. The quantitative estimate of drug-likeness (QED) is 0.697. The second-order valence-corrected chi connectivity index (χ2v) is 4.14. The molecule has 0 unspecified atom stereocenters. The van der Waals surface area contributed by atoms with Crippen molar-refractivity contribution in [3.05, 3.63) is 0 Å². The highest BCUT2D eigenvalue weighted by Crippen LogP contribution is 2.15. The monoisotopic (exact) mass is 186 g/mol. The van der Waals surface area contributed by atoms with E-state index in [4.69, 9.17) is 0 Å². The van der Waals surface area contributed by atoms with Crippen LogP contribution >= 0.6 is 0 Å². The van der Waals surface area contributed by atoms with Crippen molar-refractivity contribution >= 4 is 5.96 Å². The van der Waals surface area contributed by atoms with Gasteiger partial charge in [-0.15, -0.1) is 0 Å². The fraction of sp³-hybridized carbons (Fsp3) is 0.889. The molecule has 76 valence electrons. The Morgan fingerprint density at radius 1 is 1.54 bits per heavy atom. The van der Waals surface area contributed by atoms with Gasteiger partial charge in [0.15, 0.2) is 5.96 Å². The molecule has 1 heterocycles. The van der Waals surface area contributed by atoms with E-state index in [1.54, 1.807) is 0 Å². The third kappa shape index (κ3) is 2.57. The van der Waals surface area contributed by atoms with E-state index in [2.05, 4.69) is 36.0 Å². The maximum atomic E-state index is 11.9. The maximum Gasteiger partial charge on any atom is 0.194 e. The van der Waals surface area contributed by atoms with Gasteiger partial charge < -0.3 is 10.2 Å². The minimum absolute atomic E-state index is 0.0681. The zero-order valence-electron chi connectivity index (χ0n) is 8.60. The number of guanidine groups is 1. The van der Waals surface area contributed by atoms with Gasteiger partial charge in [0, 0.05) is 18.6 Å². The van der Waals surface area contributed by atoms with E-state index >= 15 is 0 Å². The first-order valence-corrected chi connectivity index (χ1v) is 4.67. The molecule has 0 aromatic heterocycles. The Morgan fingerprint density at radius 2 is 2.23 bits per heavy atom. The van der Waals surface area contributed by atoms with Gasteiger partial charge in [0.25, 0.3) is 0 Å². The predicted octanol–water partition coefficient (Wildman–Crippen LogP) is 1.02. The largest absolute Gasteiger partial charge is 0.354 e. The maximum absolute atomic E-state index is 11.9. The van der Waals surface area contributed by atoms with Crippen LogP contribution in [0.2, 0.25) is 0 Å². The molecule has 1 aliphatic heterocycles. The van der Waals surface area contributed by atoms with E-state index in [9.17, 15) is 4.39 Å². The van der Waals surface area contributed by atoms with Gasteiger partial charge >= 0.3 is 0 Å². The van der Waals surface area contributed by atoms with Crippen LogP contribution in [0.1, 0.15) is 20.8 Å². The SMILES string of the molecule is CC(C)(C)N1CCN=C1NCC[18F]. The predicted molar refractivity (Wildman–Crippen MR) is 52.7 cm³/mol. The molecule has 0 aromatic rings. The summed E-state index contributed by atoms with van der Waals surface area (Å²) in [5.74, 6) is 0.838. The molecule has 0 bridgehead atoms. The molecule has 0 atom stereocenters. The minimum Gasteiger partial charge on any atom is -0.354 e. The molecular formula is C9H18FN3. The van der Waals surface area contributed by atoms with E-state index in [0.29, 0.717) is 6.54 Å².